The van der Waals surface area contributed by atoms with Gasteiger partial charge >= 0.3 is 0 Å². The van der Waals surface area contributed by atoms with E-state index in [-0.39, 0.29) is 12.6 Å². The predicted molar refractivity (Wildman–Crippen MR) is 29.8 cm³/mol. The van der Waals surface area contributed by atoms with E-state index in [9.17, 15) is 4.79 Å². The third kappa shape index (κ3) is 1.48. The van der Waals surface area contributed by atoms with Crippen LogP contribution in [0.3, 0.4) is 0 Å². The van der Waals surface area contributed by atoms with Crippen molar-refractivity contribution in [3.05, 3.63) is 0 Å². The topological polar surface area (TPSA) is 58.6 Å². The second-order valence-electron chi connectivity index (χ2n) is 1.94. The van der Waals surface area contributed by atoms with E-state index in [1.807, 2.05) is 0 Å². The van der Waals surface area contributed by atoms with E-state index in [0.717, 1.165) is 0 Å². The first-order chi connectivity index (χ1) is 4.36. The van der Waals surface area contributed by atoms with Gasteiger partial charge < -0.3 is 9.84 Å². The van der Waals surface area contributed by atoms with Gasteiger partial charge in [-0.25, -0.2) is 0 Å². The number of ether oxygens (including phenoxy) is 1. The lowest BCUT2D eigenvalue weighted by Gasteiger charge is -2.01. The van der Waals surface area contributed by atoms with Crippen LogP contribution in [-0.4, -0.2) is 36.9 Å². The number of hydrogen-bond acceptors (Lipinski definition) is 4. The van der Waals surface area contributed by atoms with Gasteiger partial charge in [0.25, 0.3) is 0 Å². The van der Waals surface area contributed by atoms with Crippen LogP contribution in [0.25, 0.3) is 0 Å². The Morgan fingerprint density at radius 3 is 3.00 bits per heavy atom. The molecule has 0 radical (unpaired) electrons. The van der Waals surface area contributed by atoms with Gasteiger partial charge in [0.15, 0.2) is 12.5 Å². The summed E-state index contributed by atoms with van der Waals surface area (Å²) < 4.78 is 4.87. The summed E-state index contributed by atoms with van der Waals surface area (Å²) in [5.41, 5.74) is 0. The number of carbonyl (C=O) groups is 1. The van der Waals surface area contributed by atoms with Gasteiger partial charge in [0.2, 0.25) is 0 Å². The zero-order valence-corrected chi connectivity index (χ0v) is 4.91. The van der Waals surface area contributed by atoms with Crippen LogP contribution in [0.15, 0.2) is 0 Å². The molecule has 1 heterocycles. The molecule has 0 spiro atoms. The maximum Gasteiger partial charge on any atom is 0.165 e. The Balaban J connectivity index is 2.28. The van der Waals surface area contributed by atoms with Crippen molar-refractivity contribution >= 4 is 6.29 Å². The van der Waals surface area contributed by atoms with Crippen LogP contribution >= 0.6 is 0 Å². The average molecular weight is 131 g/mol. The molecule has 0 aromatic heterocycles. The van der Waals surface area contributed by atoms with E-state index in [0.29, 0.717) is 12.9 Å². The highest BCUT2D eigenvalue weighted by molar-refractivity contribution is 5.55. The van der Waals surface area contributed by atoms with Gasteiger partial charge in [-0.1, -0.05) is 0 Å². The van der Waals surface area contributed by atoms with Crippen molar-refractivity contribution in [1.29, 1.82) is 0 Å². The van der Waals surface area contributed by atoms with Crippen LogP contribution in [0.1, 0.15) is 0 Å². The van der Waals surface area contributed by atoms with Crippen LogP contribution < -0.4 is 5.32 Å². The zero-order chi connectivity index (χ0) is 6.69. The van der Waals surface area contributed by atoms with Crippen molar-refractivity contribution in [1.82, 2.24) is 5.32 Å². The molecule has 4 nitrogen and oxygen atoms in total. The molecular weight excluding hydrogens is 122 g/mol. The van der Waals surface area contributed by atoms with E-state index in [4.69, 9.17) is 9.84 Å². The normalized spacial score (nSPS) is 34.8. The predicted octanol–water partition coefficient (Wildman–Crippen LogP) is -1.51. The lowest BCUT2D eigenvalue weighted by Crippen LogP contribution is -2.33. The summed E-state index contributed by atoms with van der Waals surface area (Å²) >= 11 is 0. The molecule has 9 heavy (non-hydrogen) atoms. The molecule has 0 bridgehead atoms. The fourth-order valence-corrected chi connectivity index (χ4v) is 0.732. The molecule has 1 fully saturated rings. The first kappa shape index (κ1) is 6.67. The van der Waals surface area contributed by atoms with E-state index in [1.165, 1.54) is 0 Å². The molecule has 1 aliphatic heterocycles. The van der Waals surface area contributed by atoms with Gasteiger partial charge in [0.1, 0.15) is 0 Å². The molecule has 4 heteroatoms. The van der Waals surface area contributed by atoms with Crippen molar-refractivity contribution < 1.29 is 14.6 Å². The number of hydrogen-bond donors (Lipinski definition) is 2. The van der Waals surface area contributed by atoms with Crippen molar-refractivity contribution in [2.45, 2.75) is 12.3 Å². The second kappa shape index (κ2) is 2.91. The van der Waals surface area contributed by atoms with Gasteiger partial charge in [-0.05, 0) is 0 Å². The number of aliphatic hydroxyl groups is 1. The SMILES string of the molecule is O=CC1N[C@H](CO)CO1. The molecule has 1 rings (SSSR count). The van der Waals surface area contributed by atoms with Crippen molar-refractivity contribution in [3.8, 4) is 0 Å². The lowest BCUT2D eigenvalue weighted by atomic mass is 10.3. The molecule has 0 aliphatic carbocycles. The third-order valence-electron chi connectivity index (χ3n) is 1.22. The molecule has 2 N–H and O–H groups in total. The minimum atomic E-state index is -0.512. The first-order valence-electron chi connectivity index (χ1n) is 2.80. The van der Waals surface area contributed by atoms with Gasteiger partial charge in [-0.15, -0.1) is 0 Å². The number of rotatable bonds is 2. The van der Waals surface area contributed by atoms with E-state index < -0.39 is 6.23 Å². The first-order valence-corrected chi connectivity index (χ1v) is 2.80. The molecule has 2 atom stereocenters. The molecule has 1 saturated heterocycles. The van der Waals surface area contributed by atoms with E-state index >= 15 is 0 Å². The molecule has 1 aliphatic rings. The molecule has 1 unspecified atom stereocenters. The summed E-state index contributed by atoms with van der Waals surface area (Å²) in [6.45, 7) is 0.435. The van der Waals surface area contributed by atoms with Gasteiger partial charge in [-0.3, -0.25) is 10.1 Å². The summed E-state index contributed by atoms with van der Waals surface area (Å²) in [5.74, 6) is 0. The Morgan fingerprint density at radius 1 is 1.89 bits per heavy atom. The number of aldehydes is 1. The van der Waals surface area contributed by atoms with Crippen LogP contribution in [0.5, 0.6) is 0 Å². The van der Waals surface area contributed by atoms with Crippen LogP contribution in [0.2, 0.25) is 0 Å². The average Bonchev–Trinajstić information content (AvgIpc) is 2.34. The number of aliphatic hydroxyl groups excluding tert-OH is 1. The molecule has 0 aromatic carbocycles. The quantitative estimate of drug-likeness (QED) is 0.447. The highest BCUT2D eigenvalue weighted by Gasteiger charge is 2.22. The number of nitrogens with one attached hydrogen (secondary N) is 1. The maximum atomic E-state index is 10.00. The van der Waals surface area contributed by atoms with Gasteiger partial charge in [0, 0.05) is 0 Å². The Bertz CT molecular complexity index is 106. The molecule has 0 saturated carbocycles. The van der Waals surface area contributed by atoms with E-state index in [1.54, 1.807) is 0 Å². The largest absolute Gasteiger partial charge is 0.395 e. The smallest absolute Gasteiger partial charge is 0.165 e. The Morgan fingerprint density at radius 2 is 2.67 bits per heavy atom. The van der Waals surface area contributed by atoms with Crippen LogP contribution in [0.4, 0.5) is 0 Å². The summed E-state index contributed by atoms with van der Waals surface area (Å²) in [6, 6.07) is -0.0693. The number of carbonyl (C=O) groups excluding carboxylic acids is 1. The Hall–Kier alpha value is -0.450. The summed E-state index contributed by atoms with van der Waals surface area (Å²) in [6.07, 6.45) is 0.164. The van der Waals surface area contributed by atoms with Gasteiger partial charge in [-0.2, -0.15) is 0 Å². The third-order valence-corrected chi connectivity index (χ3v) is 1.22. The highest BCUT2D eigenvalue weighted by atomic mass is 16.5. The maximum absolute atomic E-state index is 10.00. The highest BCUT2D eigenvalue weighted by Crippen LogP contribution is 1.98. The van der Waals surface area contributed by atoms with Crippen molar-refractivity contribution in [3.63, 3.8) is 0 Å². The zero-order valence-electron chi connectivity index (χ0n) is 4.91. The molecular formula is C5H9NO3. The summed E-state index contributed by atoms with van der Waals surface area (Å²) in [7, 11) is 0. The minimum absolute atomic E-state index is 0.0182. The van der Waals surface area contributed by atoms with Crippen molar-refractivity contribution in [2.75, 3.05) is 13.2 Å². The fraction of sp³-hybridized carbons (Fsp3) is 0.800. The second-order valence-corrected chi connectivity index (χ2v) is 1.94. The minimum Gasteiger partial charge on any atom is -0.395 e. The van der Waals surface area contributed by atoms with Crippen molar-refractivity contribution in [2.24, 2.45) is 0 Å². The Labute approximate surface area is 52.8 Å². The van der Waals surface area contributed by atoms with Crippen LogP contribution in [0, 0.1) is 0 Å². The fourth-order valence-electron chi connectivity index (χ4n) is 0.732. The molecule has 52 valence electrons. The molecule has 0 aromatic rings. The van der Waals surface area contributed by atoms with E-state index in [2.05, 4.69) is 5.32 Å². The van der Waals surface area contributed by atoms with Crippen LogP contribution in [-0.2, 0) is 9.53 Å². The molecule has 0 amide bonds. The monoisotopic (exact) mass is 131 g/mol. The lowest BCUT2D eigenvalue weighted by molar-refractivity contribution is -0.116. The summed E-state index contributed by atoms with van der Waals surface area (Å²) in [5, 5.41) is 11.3. The summed E-state index contributed by atoms with van der Waals surface area (Å²) in [4.78, 5) is 10.00. The Kier molecular flexibility index (Phi) is 2.16. The standard InChI is InChI=1S/C5H9NO3/c7-1-4-3-9-5(2-8)6-4/h2,4-7H,1,3H2/t4-,5?/m1/s1. The van der Waals surface area contributed by atoms with Gasteiger partial charge in [0.05, 0.1) is 19.3 Å².